The summed E-state index contributed by atoms with van der Waals surface area (Å²) >= 11 is 0. The molecule has 0 atom stereocenters. The molecule has 0 aliphatic rings. The van der Waals surface area contributed by atoms with Gasteiger partial charge in [0, 0.05) is 0 Å². The molecule has 0 amide bonds. The number of nitrogens with zero attached hydrogens (tertiary/aromatic N) is 3. The first-order chi connectivity index (χ1) is 7.34. The Kier molecular flexibility index (Phi) is 2.94. The van der Waals surface area contributed by atoms with E-state index in [2.05, 4.69) is 10.3 Å². The van der Waals surface area contributed by atoms with E-state index in [0.717, 1.165) is 5.56 Å². The van der Waals surface area contributed by atoms with Crippen LogP contribution in [0.3, 0.4) is 0 Å². The zero-order chi connectivity index (χ0) is 10.5. The lowest BCUT2D eigenvalue weighted by Crippen LogP contribution is -2.03. The lowest BCUT2D eigenvalue weighted by molar-refractivity contribution is 0.0549. The van der Waals surface area contributed by atoms with Gasteiger partial charge in [-0.3, -0.25) is 0 Å². The number of rotatable bonds is 4. The highest BCUT2D eigenvalue weighted by Crippen LogP contribution is 2.01. The van der Waals surface area contributed by atoms with Gasteiger partial charge >= 0.3 is 0 Å². The molecule has 0 saturated heterocycles. The minimum atomic E-state index is 0.360. The third-order valence-corrected chi connectivity index (χ3v) is 1.89. The van der Waals surface area contributed by atoms with Gasteiger partial charge in [0.1, 0.15) is 6.73 Å². The van der Waals surface area contributed by atoms with Crippen LogP contribution in [-0.2, 0) is 18.1 Å². The summed E-state index contributed by atoms with van der Waals surface area (Å²) in [6.07, 6.45) is 1.63. The number of ether oxygens (including phenoxy) is 1. The molecule has 0 aliphatic carbocycles. The molecular formula is C10H12N4O. The van der Waals surface area contributed by atoms with Crippen LogP contribution < -0.4 is 5.73 Å². The summed E-state index contributed by atoms with van der Waals surface area (Å²) in [4.78, 5) is 0. The molecule has 0 fully saturated rings. The van der Waals surface area contributed by atoms with E-state index in [0.29, 0.717) is 19.2 Å². The maximum Gasteiger partial charge on any atom is 0.166 e. The van der Waals surface area contributed by atoms with Crippen LogP contribution in [0.15, 0.2) is 36.5 Å². The van der Waals surface area contributed by atoms with Crippen molar-refractivity contribution in [2.45, 2.75) is 13.3 Å². The van der Waals surface area contributed by atoms with Crippen molar-refractivity contribution >= 4 is 5.82 Å². The summed E-state index contributed by atoms with van der Waals surface area (Å²) in [6, 6.07) is 9.95. The van der Waals surface area contributed by atoms with Gasteiger partial charge in [0.2, 0.25) is 0 Å². The third kappa shape index (κ3) is 2.78. The Labute approximate surface area is 87.5 Å². The number of hydrogen-bond donors (Lipinski definition) is 1. The molecule has 78 valence electrons. The fourth-order valence-electron chi connectivity index (χ4n) is 1.21. The standard InChI is InChI=1S/C10H12N4O/c11-10-6-14(13-12-10)8-15-7-9-4-2-1-3-5-9/h1-6H,7-8,11H2. The summed E-state index contributed by atoms with van der Waals surface area (Å²) in [5.41, 5.74) is 6.54. The van der Waals surface area contributed by atoms with E-state index in [1.54, 1.807) is 10.9 Å². The number of aromatic nitrogens is 3. The Morgan fingerprint density at radius 1 is 1.27 bits per heavy atom. The number of nitrogen functional groups attached to an aromatic ring is 1. The first-order valence-electron chi connectivity index (χ1n) is 4.62. The van der Waals surface area contributed by atoms with Gasteiger partial charge in [-0.05, 0) is 5.56 Å². The van der Waals surface area contributed by atoms with Crippen molar-refractivity contribution in [1.29, 1.82) is 0 Å². The molecule has 1 heterocycles. The van der Waals surface area contributed by atoms with E-state index in [-0.39, 0.29) is 0 Å². The van der Waals surface area contributed by atoms with Gasteiger partial charge in [0.15, 0.2) is 5.82 Å². The zero-order valence-corrected chi connectivity index (χ0v) is 8.21. The Morgan fingerprint density at radius 2 is 2.07 bits per heavy atom. The molecule has 2 N–H and O–H groups in total. The highest BCUT2D eigenvalue weighted by atomic mass is 16.5. The summed E-state index contributed by atoms with van der Waals surface area (Å²) in [5, 5.41) is 7.42. The van der Waals surface area contributed by atoms with Gasteiger partial charge in [-0.2, -0.15) is 0 Å². The van der Waals surface area contributed by atoms with Crippen molar-refractivity contribution in [1.82, 2.24) is 15.0 Å². The van der Waals surface area contributed by atoms with E-state index in [4.69, 9.17) is 10.5 Å². The quantitative estimate of drug-likeness (QED) is 0.807. The molecule has 5 nitrogen and oxygen atoms in total. The lowest BCUT2D eigenvalue weighted by atomic mass is 10.2. The van der Waals surface area contributed by atoms with Gasteiger partial charge < -0.3 is 10.5 Å². The molecule has 0 bridgehead atoms. The Balaban J connectivity index is 1.80. The molecular weight excluding hydrogens is 192 g/mol. The van der Waals surface area contributed by atoms with Gasteiger partial charge in [0.05, 0.1) is 12.8 Å². The first-order valence-corrected chi connectivity index (χ1v) is 4.62. The zero-order valence-electron chi connectivity index (χ0n) is 8.21. The van der Waals surface area contributed by atoms with Crippen LogP contribution in [0.5, 0.6) is 0 Å². The van der Waals surface area contributed by atoms with Crippen molar-refractivity contribution < 1.29 is 4.74 Å². The van der Waals surface area contributed by atoms with Crippen molar-refractivity contribution in [2.75, 3.05) is 5.73 Å². The van der Waals surface area contributed by atoms with Crippen molar-refractivity contribution in [3.05, 3.63) is 42.1 Å². The van der Waals surface area contributed by atoms with Crippen LogP contribution in [-0.4, -0.2) is 15.0 Å². The first kappa shape index (κ1) is 9.67. The second kappa shape index (κ2) is 4.56. The van der Waals surface area contributed by atoms with Crippen LogP contribution in [0.1, 0.15) is 5.56 Å². The summed E-state index contributed by atoms with van der Waals surface area (Å²) in [7, 11) is 0. The molecule has 0 radical (unpaired) electrons. The molecule has 0 unspecified atom stereocenters. The van der Waals surface area contributed by atoms with Gasteiger partial charge in [-0.15, -0.1) is 5.10 Å². The Morgan fingerprint density at radius 3 is 2.73 bits per heavy atom. The van der Waals surface area contributed by atoms with Crippen LogP contribution in [0.4, 0.5) is 5.82 Å². The molecule has 0 aliphatic heterocycles. The third-order valence-electron chi connectivity index (χ3n) is 1.89. The molecule has 1 aromatic heterocycles. The maximum absolute atomic E-state index is 5.42. The van der Waals surface area contributed by atoms with Crippen molar-refractivity contribution in [2.24, 2.45) is 0 Å². The fourth-order valence-corrected chi connectivity index (χ4v) is 1.21. The highest BCUT2D eigenvalue weighted by Gasteiger charge is 1.96. The molecule has 0 saturated carbocycles. The number of nitrogens with two attached hydrogens (primary N) is 1. The normalized spacial score (nSPS) is 10.4. The van der Waals surface area contributed by atoms with Crippen LogP contribution >= 0.6 is 0 Å². The largest absolute Gasteiger partial charge is 0.381 e. The van der Waals surface area contributed by atoms with Crippen molar-refractivity contribution in [3.63, 3.8) is 0 Å². The van der Waals surface area contributed by atoms with E-state index in [9.17, 15) is 0 Å². The average molecular weight is 204 g/mol. The molecule has 1 aromatic carbocycles. The maximum atomic E-state index is 5.42. The predicted molar refractivity (Wildman–Crippen MR) is 55.7 cm³/mol. The van der Waals surface area contributed by atoms with Crippen LogP contribution in [0.25, 0.3) is 0 Å². The second-order valence-corrected chi connectivity index (χ2v) is 3.15. The minimum Gasteiger partial charge on any atom is -0.381 e. The number of anilines is 1. The van der Waals surface area contributed by atoms with E-state index in [1.165, 1.54) is 0 Å². The summed E-state index contributed by atoms with van der Waals surface area (Å²) in [6.45, 7) is 0.916. The summed E-state index contributed by atoms with van der Waals surface area (Å²) < 4.78 is 6.98. The van der Waals surface area contributed by atoms with Crippen molar-refractivity contribution in [3.8, 4) is 0 Å². The lowest BCUT2D eigenvalue weighted by Gasteiger charge is -2.03. The van der Waals surface area contributed by atoms with E-state index >= 15 is 0 Å². The average Bonchev–Trinajstić information content (AvgIpc) is 2.66. The molecule has 2 rings (SSSR count). The minimum absolute atomic E-state index is 0.360. The number of hydrogen-bond acceptors (Lipinski definition) is 4. The molecule has 5 heteroatoms. The smallest absolute Gasteiger partial charge is 0.166 e. The fraction of sp³-hybridized carbons (Fsp3) is 0.200. The second-order valence-electron chi connectivity index (χ2n) is 3.15. The van der Waals surface area contributed by atoms with Crippen LogP contribution in [0, 0.1) is 0 Å². The van der Waals surface area contributed by atoms with Gasteiger partial charge in [0.25, 0.3) is 0 Å². The van der Waals surface area contributed by atoms with Gasteiger partial charge in [-0.25, -0.2) is 4.68 Å². The topological polar surface area (TPSA) is 66.0 Å². The monoisotopic (exact) mass is 204 g/mol. The SMILES string of the molecule is Nc1cn(COCc2ccccc2)nn1. The highest BCUT2D eigenvalue weighted by molar-refractivity contribution is 5.19. The molecule has 2 aromatic rings. The predicted octanol–water partition coefficient (Wildman–Crippen LogP) is 1.03. The molecule has 0 spiro atoms. The van der Waals surface area contributed by atoms with E-state index in [1.807, 2.05) is 30.3 Å². The van der Waals surface area contributed by atoms with Crippen LogP contribution in [0.2, 0.25) is 0 Å². The summed E-state index contributed by atoms with van der Waals surface area (Å²) in [5.74, 6) is 0.401. The van der Waals surface area contributed by atoms with E-state index < -0.39 is 0 Å². The molecule has 15 heavy (non-hydrogen) atoms. The Hall–Kier alpha value is -1.88. The number of benzene rings is 1. The Bertz CT molecular complexity index is 412. The van der Waals surface area contributed by atoms with Gasteiger partial charge in [-0.1, -0.05) is 35.5 Å².